The number of carbonyl (C=O) groups excluding carboxylic acids is 4. The minimum Gasteiger partial charge on any atom is -0.462 e. The zero-order valence-electron chi connectivity index (χ0n) is 67.8. The van der Waals surface area contributed by atoms with E-state index in [1.165, 1.54) is 244 Å². The molecule has 0 fully saturated rings. The molecule has 0 spiro atoms. The molecule has 3 unspecified atom stereocenters. The summed E-state index contributed by atoms with van der Waals surface area (Å²) >= 11 is 0. The Morgan fingerprint density at radius 1 is 0.282 bits per heavy atom. The Hall–Kier alpha value is -1.94. The lowest BCUT2D eigenvalue weighted by Crippen LogP contribution is -2.30. The van der Waals surface area contributed by atoms with Crippen LogP contribution in [-0.2, 0) is 65.4 Å². The van der Waals surface area contributed by atoms with Crippen molar-refractivity contribution in [2.45, 2.75) is 458 Å². The fraction of sp³-hybridized carbons (Fsp3) is 0.952. The monoisotopic (exact) mass is 1510 g/mol. The number of carbonyl (C=O) groups is 4. The first-order chi connectivity index (χ1) is 49.8. The summed E-state index contributed by atoms with van der Waals surface area (Å²) in [7, 11) is -9.92. The molecule has 0 aliphatic heterocycles. The standard InChI is InChI=1S/C84H164O17P2/c1-8-10-11-12-13-14-15-16-17-20-24-27-33-38-43-51-58-65-81(86)94-71-79(100-83(88)67-60-53-44-39-34-28-25-22-19-18-21-23-26-32-37-42-50-57-64-77(7)9-2)73-98-102(90,91)96-69-78(85)70-97-103(92,93)99-74-80(72-95-82(87)66-59-52-47-46-49-56-63-76(5)6)101-84(89)68-61-54-45-40-35-30-29-31-36-41-48-55-62-75(3)4/h75-80,85H,8-74H2,1-7H3,(H,90,91)(H,92,93)/t77?,78-,79-,80-/m1/s1. The molecule has 17 nitrogen and oxygen atoms in total. The van der Waals surface area contributed by atoms with Crippen molar-refractivity contribution in [3.8, 4) is 0 Å². The summed E-state index contributed by atoms with van der Waals surface area (Å²) in [6.45, 7) is 12.0. The quantitative estimate of drug-likeness (QED) is 0.0222. The van der Waals surface area contributed by atoms with Crippen molar-refractivity contribution in [1.82, 2.24) is 0 Å². The summed E-state index contributed by atoms with van der Waals surface area (Å²) in [5.41, 5.74) is 0. The highest BCUT2D eigenvalue weighted by molar-refractivity contribution is 7.47. The summed E-state index contributed by atoms with van der Waals surface area (Å²) in [5, 5.41) is 10.7. The zero-order chi connectivity index (χ0) is 75.8. The molecule has 103 heavy (non-hydrogen) atoms. The largest absolute Gasteiger partial charge is 0.472 e. The van der Waals surface area contributed by atoms with E-state index in [1.807, 2.05) is 0 Å². The van der Waals surface area contributed by atoms with E-state index in [-0.39, 0.29) is 25.7 Å². The van der Waals surface area contributed by atoms with Crippen LogP contribution >= 0.6 is 15.6 Å². The van der Waals surface area contributed by atoms with E-state index in [1.54, 1.807) is 0 Å². The highest BCUT2D eigenvalue weighted by Crippen LogP contribution is 2.45. The first-order valence-corrected chi connectivity index (χ1v) is 46.4. The highest BCUT2D eigenvalue weighted by Gasteiger charge is 2.30. The number of ether oxygens (including phenoxy) is 4. The third-order valence-electron chi connectivity index (χ3n) is 20.0. The molecule has 0 aliphatic carbocycles. The van der Waals surface area contributed by atoms with Crippen molar-refractivity contribution in [2.75, 3.05) is 39.6 Å². The minimum atomic E-state index is -4.96. The van der Waals surface area contributed by atoms with Gasteiger partial charge in [-0.05, 0) is 43.4 Å². The molecule has 6 atom stereocenters. The molecule has 0 aliphatic rings. The summed E-state index contributed by atoms with van der Waals surface area (Å²) in [5.74, 6) is 0.218. The van der Waals surface area contributed by atoms with Crippen LogP contribution in [0.3, 0.4) is 0 Å². The van der Waals surface area contributed by atoms with Gasteiger partial charge >= 0.3 is 39.5 Å². The van der Waals surface area contributed by atoms with E-state index < -0.39 is 97.5 Å². The van der Waals surface area contributed by atoms with Crippen LogP contribution in [0.2, 0.25) is 0 Å². The van der Waals surface area contributed by atoms with Crippen LogP contribution in [0.5, 0.6) is 0 Å². The average molecular weight is 1510 g/mol. The number of aliphatic hydroxyl groups excluding tert-OH is 1. The maximum atomic E-state index is 13.1. The van der Waals surface area contributed by atoms with Gasteiger partial charge in [0.25, 0.3) is 0 Å². The van der Waals surface area contributed by atoms with Gasteiger partial charge in [-0.3, -0.25) is 37.3 Å². The molecule has 0 heterocycles. The molecule has 0 rings (SSSR count). The Bertz CT molecular complexity index is 1990. The van der Waals surface area contributed by atoms with Crippen molar-refractivity contribution in [1.29, 1.82) is 0 Å². The fourth-order valence-electron chi connectivity index (χ4n) is 13.0. The molecule has 0 aromatic rings. The summed E-state index contributed by atoms with van der Waals surface area (Å²) in [6, 6.07) is 0. The molecule has 0 aromatic heterocycles. The van der Waals surface area contributed by atoms with Crippen LogP contribution in [0, 0.1) is 17.8 Å². The van der Waals surface area contributed by atoms with Crippen molar-refractivity contribution in [2.24, 2.45) is 17.8 Å². The van der Waals surface area contributed by atoms with E-state index in [0.717, 1.165) is 108 Å². The molecular weight excluding hydrogens is 1340 g/mol. The smallest absolute Gasteiger partial charge is 0.462 e. The second-order valence-corrected chi connectivity index (χ2v) is 34.3. The van der Waals surface area contributed by atoms with Gasteiger partial charge in [-0.15, -0.1) is 0 Å². The van der Waals surface area contributed by atoms with Gasteiger partial charge in [0.05, 0.1) is 26.4 Å². The van der Waals surface area contributed by atoms with Gasteiger partial charge in [0.15, 0.2) is 12.2 Å². The lowest BCUT2D eigenvalue weighted by atomic mass is 9.99. The maximum Gasteiger partial charge on any atom is 0.472 e. The minimum absolute atomic E-state index is 0.106. The molecule has 0 radical (unpaired) electrons. The number of unbranched alkanes of at least 4 members (excludes halogenated alkanes) is 49. The van der Waals surface area contributed by atoms with Gasteiger partial charge in [0.1, 0.15) is 19.3 Å². The van der Waals surface area contributed by atoms with E-state index in [9.17, 15) is 43.2 Å². The lowest BCUT2D eigenvalue weighted by molar-refractivity contribution is -0.161. The first kappa shape index (κ1) is 101. The zero-order valence-corrected chi connectivity index (χ0v) is 69.6. The lowest BCUT2D eigenvalue weighted by Gasteiger charge is -2.21. The van der Waals surface area contributed by atoms with E-state index >= 15 is 0 Å². The van der Waals surface area contributed by atoms with Crippen LogP contribution in [0.25, 0.3) is 0 Å². The summed E-state index contributed by atoms with van der Waals surface area (Å²) < 4.78 is 68.8. The predicted molar refractivity (Wildman–Crippen MR) is 423 cm³/mol. The van der Waals surface area contributed by atoms with Crippen molar-refractivity contribution in [3.63, 3.8) is 0 Å². The number of hydrogen-bond donors (Lipinski definition) is 3. The number of phosphoric ester groups is 2. The maximum absolute atomic E-state index is 13.1. The predicted octanol–water partition coefficient (Wildman–Crippen LogP) is 25.3. The van der Waals surface area contributed by atoms with Crippen LogP contribution in [0.4, 0.5) is 0 Å². The number of esters is 4. The molecule has 612 valence electrons. The van der Waals surface area contributed by atoms with Gasteiger partial charge in [-0.2, -0.15) is 0 Å². The Balaban J connectivity index is 5.21. The first-order valence-electron chi connectivity index (χ1n) is 43.4. The van der Waals surface area contributed by atoms with E-state index in [4.69, 9.17) is 37.0 Å². The molecule has 0 amide bonds. The van der Waals surface area contributed by atoms with Gasteiger partial charge < -0.3 is 33.8 Å². The molecule has 3 N–H and O–H groups in total. The number of rotatable bonds is 82. The van der Waals surface area contributed by atoms with Crippen LogP contribution in [0.1, 0.15) is 440 Å². The van der Waals surface area contributed by atoms with Gasteiger partial charge in [0, 0.05) is 25.7 Å². The van der Waals surface area contributed by atoms with Crippen LogP contribution < -0.4 is 0 Å². The van der Waals surface area contributed by atoms with Crippen molar-refractivity contribution < 1.29 is 80.2 Å². The second kappa shape index (κ2) is 74.2. The van der Waals surface area contributed by atoms with Crippen LogP contribution in [-0.4, -0.2) is 96.7 Å². The normalized spacial score (nSPS) is 14.2. The number of aliphatic hydroxyl groups is 1. The Kier molecular flexibility index (Phi) is 72.8. The Labute approximate surface area is 632 Å². The number of phosphoric acid groups is 2. The van der Waals surface area contributed by atoms with E-state index in [2.05, 4.69) is 48.5 Å². The van der Waals surface area contributed by atoms with Crippen LogP contribution in [0.15, 0.2) is 0 Å². The summed E-state index contributed by atoms with van der Waals surface area (Å²) in [4.78, 5) is 73.1. The van der Waals surface area contributed by atoms with Gasteiger partial charge in [-0.1, -0.05) is 389 Å². The average Bonchev–Trinajstić information content (AvgIpc) is 0.950. The third-order valence-corrected chi connectivity index (χ3v) is 21.9. The molecular formula is C84H164O17P2. The molecule has 0 aromatic carbocycles. The van der Waals surface area contributed by atoms with Gasteiger partial charge in [-0.25, -0.2) is 9.13 Å². The number of hydrogen-bond acceptors (Lipinski definition) is 15. The molecule has 0 saturated carbocycles. The summed E-state index contributed by atoms with van der Waals surface area (Å²) in [6.07, 6.45) is 64.0. The molecule has 0 bridgehead atoms. The Morgan fingerprint density at radius 3 is 0.738 bits per heavy atom. The fourth-order valence-corrected chi connectivity index (χ4v) is 14.6. The Morgan fingerprint density at radius 2 is 0.495 bits per heavy atom. The third kappa shape index (κ3) is 76.6. The van der Waals surface area contributed by atoms with Crippen molar-refractivity contribution >= 4 is 39.5 Å². The van der Waals surface area contributed by atoms with Gasteiger partial charge in [0.2, 0.25) is 0 Å². The van der Waals surface area contributed by atoms with E-state index in [0.29, 0.717) is 31.6 Å². The molecule has 0 saturated heterocycles. The molecule has 19 heteroatoms. The SMILES string of the molecule is CCCCCCCCCCCCCCCCCCCC(=O)OC[C@H](COP(=O)(O)OC[C@@H](O)COP(=O)(O)OC[C@@H](COC(=O)CCCCCCCCC(C)C)OC(=O)CCCCCCCCCCCCCCC(C)C)OC(=O)CCCCCCCCCCCCCCCCCCCCC(C)CC. The highest BCUT2D eigenvalue weighted by atomic mass is 31.2. The second-order valence-electron chi connectivity index (χ2n) is 31.4. The van der Waals surface area contributed by atoms with Crippen molar-refractivity contribution in [3.05, 3.63) is 0 Å². The topological polar surface area (TPSA) is 237 Å².